The van der Waals surface area contributed by atoms with E-state index in [1.54, 1.807) is 43.5 Å². The number of hydrogen-bond donors (Lipinski definition) is 1. The van der Waals surface area contributed by atoms with Gasteiger partial charge < -0.3 is 14.2 Å². The van der Waals surface area contributed by atoms with Gasteiger partial charge in [-0.25, -0.2) is 13.4 Å². The number of sulfonamides is 1. The third kappa shape index (κ3) is 4.92. The lowest BCUT2D eigenvalue weighted by Gasteiger charge is -2.15. The zero-order chi connectivity index (χ0) is 21.0. The van der Waals surface area contributed by atoms with Crippen molar-refractivity contribution >= 4 is 43.2 Å². The predicted octanol–water partition coefficient (Wildman–Crippen LogP) is 5.11. The van der Waals surface area contributed by atoms with Gasteiger partial charge in [0.1, 0.15) is 22.1 Å². The Morgan fingerprint density at radius 3 is 2.38 bits per heavy atom. The van der Waals surface area contributed by atoms with Gasteiger partial charge >= 0.3 is 0 Å². The second kappa shape index (κ2) is 8.89. The van der Waals surface area contributed by atoms with Gasteiger partial charge in [-0.2, -0.15) is 0 Å². The van der Waals surface area contributed by atoms with Crippen LogP contribution in [0.4, 0.5) is 5.69 Å². The number of halogens is 2. The quantitative estimate of drug-likeness (QED) is 0.486. The fraction of sp³-hybridized carbons (Fsp3) is 0.105. The van der Waals surface area contributed by atoms with Crippen LogP contribution in [0.3, 0.4) is 0 Å². The zero-order valence-electron chi connectivity index (χ0n) is 15.3. The Morgan fingerprint density at radius 2 is 1.72 bits per heavy atom. The Balaban J connectivity index is 1.94. The first-order chi connectivity index (χ1) is 13.8. The van der Waals surface area contributed by atoms with Crippen LogP contribution in [0, 0.1) is 0 Å². The van der Waals surface area contributed by atoms with Gasteiger partial charge in [-0.15, -0.1) is 0 Å². The molecule has 152 valence electrons. The van der Waals surface area contributed by atoms with Crippen molar-refractivity contribution in [3.63, 3.8) is 0 Å². The number of rotatable bonds is 7. The van der Waals surface area contributed by atoms with Crippen LogP contribution in [0.2, 0.25) is 5.02 Å². The topological polar surface area (TPSA) is 86.8 Å². The van der Waals surface area contributed by atoms with E-state index in [-0.39, 0.29) is 27.2 Å². The van der Waals surface area contributed by atoms with E-state index in [0.29, 0.717) is 16.0 Å². The summed E-state index contributed by atoms with van der Waals surface area (Å²) < 4.78 is 45.0. The molecule has 0 saturated carbocycles. The van der Waals surface area contributed by atoms with E-state index in [2.05, 4.69) is 25.6 Å². The van der Waals surface area contributed by atoms with Gasteiger partial charge in [0.05, 0.1) is 18.7 Å². The maximum atomic E-state index is 13.0. The van der Waals surface area contributed by atoms with Crippen molar-refractivity contribution in [3.8, 4) is 23.1 Å². The monoisotopic (exact) mass is 498 g/mol. The van der Waals surface area contributed by atoms with E-state index >= 15 is 0 Å². The lowest BCUT2D eigenvalue weighted by molar-refractivity contribution is 0.400. The molecule has 0 aliphatic heterocycles. The van der Waals surface area contributed by atoms with Gasteiger partial charge in [-0.1, -0.05) is 11.6 Å². The highest BCUT2D eigenvalue weighted by Gasteiger charge is 2.24. The summed E-state index contributed by atoms with van der Waals surface area (Å²) in [5.74, 6) is 1.34. The minimum Gasteiger partial charge on any atom is -0.497 e. The molecular weight excluding hydrogens is 484 g/mol. The molecule has 1 aromatic heterocycles. The molecule has 0 unspecified atom stereocenters. The Bertz CT molecular complexity index is 1120. The van der Waals surface area contributed by atoms with Gasteiger partial charge in [0.25, 0.3) is 10.0 Å². The van der Waals surface area contributed by atoms with Crippen molar-refractivity contribution in [3.05, 3.63) is 64.2 Å². The maximum absolute atomic E-state index is 13.0. The summed E-state index contributed by atoms with van der Waals surface area (Å²) in [6.45, 7) is 0. The van der Waals surface area contributed by atoms with Gasteiger partial charge in [0.2, 0.25) is 5.88 Å². The van der Waals surface area contributed by atoms with E-state index in [4.69, 9.17) is 25.8 Å². The number of hydrogen-bond acceptors (Lipinski definition) is 6. The Hall–Kier alpha value is -2.49. The first-order valence-corrected chi connectivity index (χ1v) is 10.8. The number of aromatic nitrogens is 1. The van der Waals surface area contributed by atoms with Crippen molar-refractivity contribution in [1.29, 1.82) is 0 Å². The van der Waals surface area contributed by atoms with Crippen LogP contribution in [0.1, 0.15) is 0 Å². The summed E-state index contributed by atoms with van der Waals surface area (Å²) in [5, 5.41) is 0.235. The number of benzene rings is 2. The molecule has 3 aromatic rings. The highest BCUT2D eigenvalue weighted by atomic mass is 79.9. The molecule has 2 aromatic carbocycles. The van der Waals surface area contributed by atoms with Crippen LogP contribution in [-0.4, -0.2) is 27.6 Å². The molecule has 0 atom stereocenters. The largest absolute Gasteiger partial charge is 0.497 e. The predicted molar refractivity (Wildman–Crippen MR) is 114 cm³/mol. The maximum Gasteiger partial charge on any atom is 0.265 e. The lowest BCUT2D eigenvalue weighted by atomic mass is 10.3. The Morgan fingerprint density at radius 1 is 1.03 bits per heavy atom. The average molecular weight is 500 g/mol. The number of methoxy groups -OCH3 is 2. The minimum absolute atomic E-state index is 0.0845. The number of anilines is 1. The molecule has 0 aliphatic rings. The molecule has 0 amide bonds. The SMILES string of the molecule is COc1ccc(Oc2ncccc2NS(=O)(=O)c2cc(Cl)cc(Br)c2OC)cc1. The van der Waals surface area contributed by atoms with Crippen molar-refractivity contribution < 1.29 is 22.6 Å². The fourth-order valence-electron chi connectivity index (χ4n) is 2.44. The normalized spacial score (nSPS) is 11.0. The molecule has 0 radical (unpaired) electrons. The molecule has 10 heteroatoms. The Kier molecular flexibility index (Phi) is 6.51. The average Bonchev–Trinajstić information content (AvgIpc) is 2.69. The van der Waals surface area contributed by atoms with Crippen LogP contribution in [0.5, 0.6) is 23.1 Å². The molecule has 0 aliphatic carbocycles. The van der Waals surface area contributed by atoms with Crippen molar-refractivity contribution in [2.24, 2.45) is 0 Å². The van der Waals surface area contributed by atoms with E-state index in [0.717, 1.165) is 0 Å². The molecule has 1 heterocycles. The number of pyridine rings is 1. The van der Waals surface area contributed by atoms with Crippen molar-refractivity contribution in [2.45, 2.75) is 4.90 Å². The lowest BCUT2D eigenvalue weighted by Crippen LogP contribution is -2.15. The summed E-state index contributed by atoms with van der Waals surface area (Å²) in [7, 11) is -1.13. The standard InChI is InChI=1S/C19H16BrClN2O5S/c1-26-13-5-7-14(8-6-13)28-19-16(4-3-9-22-19)23-29(24,25)17-11-12(21)10-15(20)18(17)27-2/h3-11,23H,1-2H3. The van der Waals surface area contributed by atoms with E-state index in [1.807, 2.05) is 0 Å². The fourth-order valence-corrected chi connectivity index (χ4v) is 4.88. The summed E-state index contributed by atoms with van der Waals surface area (Å²) in [5.41, 5.74) is 0.154. The third-order valence-corrected chi connectivity index (χ3v) is 5.94. The van der Waals surface area contributed by atoms with E-state index in [9.17, 15) is 8.42 Å². The smallest absolute Gasteiger partial charge is 0.265 e. The number of nitrogens with one attached hydrogen (secondary N) is 1. The summed E-state index contributed by atoms with van der Waals surface area (Å²) in [6.07, 6.45) is 1.49. The molecule has 7 nitrogen and oxygen atoms in total. The Labute approximate surface area is 181 Å². The molecular formula is C19H16BrClN2O5S. The first kappa shape index (κ1) is 21.2. The highest BCUT2D eigenvalue weighted by Crippen LogP contribution is 2.37. The van der Waals surface area contributed by atoms with Gasteiger partial charge in [0.15, 0.2) is 5.75 Å². The molecule has 3 rings (SSSR count). The molecule has 1 N–H and O–H groups in total. The summed E-state index contributed by atoms with van der Waals surface area (Å²) in [4.78, 5) is 4.00. The van der Waals surface area contributed by atoms with E-state index in [1.165, 1.54) is 25.4 Å². The van der Waals surface area contributed by atoms with Gasteiger partial charge in [0, 0.05) is 11.2 Å². The molecule has 0 bridgehead atoms. The van der Waals surface area contributed by atoms with Crippen molar-refractivity contribution in [1.82, 2.24) is 4.98 Å². The first-order valence-electron chi connectivity index (χ1n) is 8.17. The highest BCUT2D eigenvalue weighted by molar-refractivity contribution is 9.10. The second-order valence-corrected chi connectivity index (χ2v) is 8.60. The van der Waals surface area contributed by atoms with Crippen LogP contribution >= 0.6 is 27.5 Å². The molecule has 0 fully saturated rings. The number of ether oxygens (including phenoxy) is 3. The second-order valence-electron chi connectivity index (χ2n) is 5.66. The number of nitrogens with zero attached hydrogens (tertiary/aromatic N) is 1. The third-order valence-electron chi connectivity index (χ3n) is 3.76. The molecule has 0 saturated heterocycles. The van der Waals surface area contributed by atoms with Crippen LogP contribution in [-0.2, 0) is 10.0 Å². The van der Waals surface area contributed by atoms with Gasteiger partial charge in [-0.3, -0.25) is 4.72 Å². The molecule has 29 heavy (non-hydrogen) atoms. The van der Waals surface area contributed by atoms with Crippen LogP contribution in [0.25, 0.3) is 0 Å². The van der Waals surface area contributed by atoms with Crippen LogP contribution in [0.15, 0.2) is 64.1 Å². The summed E-state index contributed by atoms with van der Waals surface area (Å²) in [6, 6.07) is 12.8. The van der Waals surface area contributed by atoms with Crippen LogP contribution < -0.4 is 18.9 Å². The molecule has 0 spiro atoms. The van der Waals surface area contributed by atoms with Gasteiger partial charge in [-0.05, 0) is 64.5 Å². The van der Waals surface area contributed by atoms with E-state index < -0.39 is 10.0 Å². The van der Waals surface area contributed by atoms with Crippen molar-refractivity contribution in [2.75, 3.05) is 18.9 Å². The minimum atomic E-state index is -4.06. The summed E-state index contributed by atoms with van der Waals surface area (Å²) >= 11 is 9.28. The zero-order valence-corrected chi connectivity index (χ0v) is 18.5.